The summed E-state index contributed by atoms with van der Waals surface area (Å²) < 4.78 is 0.703. The summed E-state index contributed by atoms with van der Waals surface area (Å²) in [5.74, 6) is -0.509. The fourth-order valence-electron chi connectivity index (χ4n) is 2.24. The van der Waals surface area contributed by atoms with Crippen LogP contribution in [0.5, 0.6) is 0 Å². The molecule has 0 spiro atoms. The first kappa shape index (κ1) is 19.5. The summed E-state index contributed by atoms with van der Waals surface area (Å²) in [6.07, 6.45) is 0.499. The van der Waals surface area contributed by atoms with Gasteiger partial charge in [0.25, 0.3) is 11.8 Å². The molecule has 0 unspecified atom stereocenters. The highest BCUT2D eigenvalue weighted by Gasteiger charge is 2.13. The number of hydrogen-bond acceptors (Lipinski definition) is 5. The fraction of sp³-hybridized carbons (Fsp3) is 0.111. The second-order valence-electron chi connectivity index (χ2n) is 5.42. The van der Waals surface area contributed by atoms with Gasteiger partial charge in [0.2, 0.25) is 5.13 Å². The van der Waals surface area contributed by atoms with E-state index < -0.39 is 0 Å². The van der Waals surface area contributed by atoms with Gasteiger partial charge in [-0.1, -0.05) is 47.2 Å². The van der Waals surface area contributed by atoms with Crippen molar-refractivity contribution in [1.82, 2.24) is 15.5 Å². The predicted molar refractivity (Wildman–Crippen MR) is 109 cm³/mol. The first-order chi connectivity index (χ1) is 13.0. The zero-order chi connectivity index (χ0) is 19.2. The third-order valence-corrected chi connectivity index (χ3v) is 5.47. The van der Waals surface area contributed by atoms with Crippen LogP contribution in [0, 0.1) is 0 Å². The second-order valence-corrected chi connectivity index (χ2v) is 7.74. The van der Waals surface area contributed by atoms with Crippen molar-refractivity contribution in [2.24, 2.45) is 0 Å². The van der Waals surface area contributed by atoms with Crippen LogP contribution in [0.1, 0.15) is 25.7 Å². The lowest BCUT2D eigenvalue weighted by Crippen LogP contribution is -2.25. The molecule has 0 saturated heterocycles. The first-order valence-corrected chi connectivity index (χ1v) is 9.94. The van der Waals surface area contributed by atoms with E-state index in [1.807, 2.05) is 6.07 Å². The van der Waals surface area contributed by atoms with Gasteiger partial charge in [0.1, 0.15) is 5.01 Å². The molecule has 0 aliphatic carbocycles. The third-order valence-electron chi connectivity index (χ3n) is 3.55. The lowest BCUT2D eigenvalue weighted by molar-refractivity contribution is 0.0953. The molecule has 2 amide bonds. The van der Waals surface area contributed by atoms with E-state index in [2.05, 4.69) is 36.8 Å². The number of hydrogen-bond donors (Lipinski definition) is 2. The van der Waals surface area contributed by atoms with Crippen LogP contribution in [0.2, 0.25) is 5.02 Å². The summed E-state index contributed by atoms with van der Waals surface area (Å²) >= 11 is 10.6. The molecule has 0 atom stereocenters. The Morgan fingerprint density at radius 2 is 1.70 bits per heavy atom. The Morgan fingerprint density at radius 1 is 1.00 bits per heavy atom. The molecule has 0 aliphatic heterocycles. The van der Waals surface area contributed by atoms with E-state index in [0.29, 0.717) is 43.7 Å². The van der Waals surface area contributed by atoms with E-state index in [1.165, 1.54) is 11.3 Å². The molecule has 1 aromatic heterocycles. The minimum absolute atomic E-state index is 0.243. The van der Waals surface area contributed by atoms with Crippen LogP contribution < -0.4 is 10.6 Å². The van der Waals surface area contributed by atoms with Gasteiger partial charge in [-0.25, -0.2) is 0 Å². The molecule has 3 aromatic rings. The van der Waals surface area contributed by atoms with Crippen LogP contribution >= 0.6 is 38.9 Å². The van der Waals surface area contributed by atoms with Gasteiger partial charge < -0.3 is 5.32 Å². The molecule has 6 nitrogen and oxygen atoms in total. The van der Waals surface area contributed by atoms with Gasteiger partial charge in [-0.05, 0) is 40.2 Å². The summed E-state index contributed by atoms with van der Waals surface area (Å²) in [5, 5.41) is 15.0. The minimum atomic E-state index is -0.266. The van der Waals surface area contributed by atoms with Crippen LogP contribution in [0.15, 0.2) is 53.0 Å². The van der Waals surface area contributed by atoms with E-state index in [9.17, 15) is 9.59 Å². The third kappa shape index (κ3) is 5.12. The minimum Gasteiger partial charge on any atom is -0.352 e. The van der Waals surface area contributed by atoms with E-state index in [-0.39, 0.29) is 11.8 Å². The van der Waals surface area contributed by atoms with Gasteiger partial charge >= 0.3 is 0 Å². The summed E-state index contributed by atoms with van der Waals surface area (Å²) in [6.45, 7) is 0.386. The Morgan fingerprint density at radius 3 is 2.44 bits per heavy atom. The normalized spacial score (nSPS) is 10.4. The number of anilines is 1. The van der Waals surface area contributed by atoms with Gasteiger partial charge in [0, 0.05) is 17.4 Å². The number of nitrogens with one attached hydrogen (secondary N) is 2. The molecule has 27 heavy (non-hydrogen) atoms. The highest BCUT2D eigenvalue weighted by atomic mass is 79.9. The maximum Gasteiger partial charge on any atom is 0.258 e. The molecular formula is C18H14BrClN4O2S. The number of rotatable bonds is 6. The number of amides is 2. The quantitative estimate of drug-likeness (QED) is 0.572. The second kappa shape index (κ2) is 9.07. The number of carbonyl (C=O) groups is 2. The maximum absolute atomic E-state index is 12.3. The van der Waals surface area contributed by atoms with E-state index >= 15 is 0 Å². The summed E-state index contributed by atoms with van der Waals surface area (Å²) in [4.78, 5) is 24.4. The van der Waals surface area contributed by atoms with Crippen molar-refractivity contribution in [3.8, 4) is 0 Å². The highest BCUT2D eigenvalue weighted by Crippen LogP contribution is 2.20. The van der Waals surface area contributed by atoms with Crippen LogP contribution in [0.3, 0.4) is 0 Å². The average Bonchev–Trinajstić information content (AvgIpc) is 3.09. The maximum atomic E-state index is 12.3. The standard InChI is InChI=1S/C18H14BrClN4O2S/c19-13-7-3-1-5-11(13)17(26)22-18-24-23-15(27-18)9-10-21-16(25)12-6-2-4-8-14(12)20/h1-8H,9-10H2,(H,21,25)(H,22,24,26). The molecule has 0 aliphatic rings. The highest BCUT2D eigenvalue weighted by molar-refractivity contribution is 9.10. The number of aromatic nitrogens is 2. The van der Waals surface area contributed by atoms with Crippen LogP contribution in [-0.4, -0.2) is 28.6 Å². The molecule has 2 aromatic carbocycles. The molecular weight excluding hydrogens is 452 g/mol. The van der Waals surface area contributed by atoms with Crippen LogP contribution in [0.25, 0.3) is 0 Å². The lowest BCUT2D eigenvalue weighted by Gasteiger charge is -2.05. The Balaban J connectivity index is 1.53. The zero-order valence-corrected chi connectivity index (χ0v) is 17.1. The molecule has 2 N–H and O–H groups in total. The van der Waals surface area contributed by atoms with E-state index in [4.69, 9.17) is 11.6 Å². The molecule has 0 saturated carbocycles. The zero-order valence-electron chi connectivity index (χ0n) is 13.9. The van der Waals surface area contributed by atoms with Crippen molar-refractivity contribution in [2.45, 2.75) is 6.42 Å². The SMILES string of the molecule is O=C(NCCc1nnc(NC(=O)c2ccccc2Br)s1)c1ccccc1Cl. The summed E-state index contributed by atoms with van der Waals surface area (Å²) in [7, 11) is 0. The molecule has 0 fully saturated rings. The largest absolute Gasteiger partial charge is 0.352 e. The van der Waals surface area contributed by atoms with Gasteiger partial charge in [-0.15, -0.1) is 10.2 Å². The lowest BCUT2D eigenvalue weighted by atomic mass is 10.2. The Hall–Kier alpha value is -2.29. The Kier molecular flexibility index (Phi) is 6.54. The molecule has 3 rings (SSSR count). The first-order valence-electron chi connectivity index (χ1n) is 7.95. The monoisotopic (exact) mass is 464 g/mol. The molecule has 0 radical (unpaired) electrons. The number of halogens is 2. The summed E-state index contributed by atoms with van der Waals surface area (Å²) in [6, 6.07) is 14.0. The van der Waals surface area contributed by atoms with Crippen molar-refractivity contribution in [3.05, 3.63) is 74.2 Å². The van der Waals surface area contributed by atoms with Crippen LogP contribution in [0.4, 0.5) is 5.13 Å². The number of benzene rings is 2. The smallest absolute Gasteiger partial charge is 0.258 e. The average molecular weight is 466 g/mol. The Labute approximate surface area is 173 Å². The van der Waals surface area contributed by atoms with Crippen molar-refractivity contribution in [1.29, 1.82) is 0 Å². The van der Waals surface area contributed by atoms with Gasteiger partial charge in [0.15, 0.2) is 0 Å². The van der Waals surface area contributed by atoms with E-state index in [0.717, 1.165) is 0 Å². The topological polar surface area (TPSA) is 84.0 Å². The molecule has 1 heterocycles. The van der Waals surface area contributed by atoms with Crippen LogP contribution in [-0.2, 0) is 6.42 Å². The predicted octanol–water partition coefficient (Wildman–Crippen LogP) is 4.18. The number of carbonyl (C=O) groups excluding carboxylic acids is 2. The number of nitrogens with zero attached hydrogens (tertiary/aromatic N) is 2. The fourth-order valence-corrected chi connectivity index (χ4v) is 3.66. The van der Waals surface area contributed by atoms with Gasteiger partial charge in [0.05, 0.1) is 16.1 Å². The molecule has 138 valence electrons. The van der Waals surface area contributed by atoms with Gasteiger partial charge in [-0.3, -0.25) is 14.9 Å². The van der Waals surface area contributed by atoms with E-state index in [1.54, 1.807) is 42.5 Å². The molecule has 0 bridgehead atoms. The molecule has 9 heteroatoms. The van der Waals surface area contributed by atoms with Gasteiger partial charge in [-0.2, -0.15) is 0 Å². The van der Waals surface area contributed by atoms with Crippen molar-refractivity contribution >= 4 is 55.8 Å². The Bertz CT molecular complexity index is 979. The van der Waals surface area contributed by atoms with Crippen molar-refractivity contribution in [3.63, 3.8) is 0 Å². The van der Waals surface area contributed by atoms with Crippen molar-refractivity contribution in [2.75, 3.05) is 11.9 Å². The summed E-state index contributed by atoms with van der Waals surface area (Å²) in [5.41, 5.74) is 0.944. The van der Waals surface area contributed by atoms with Crippen molar-refractivity contribution < 1.29 is 9.59 Å².